The molecule has 0 spiro atoms. The van der Waals surface area contributed by atoms with Crippen LogP contribution >= 0.6 is 27.5 Å². The van der Waals surface area contributed by atoms with Crippen LogP contribution < -0.4 is 0 Å². The molecule has 1 aromatic rings. The molecule has 0 atom stereocenters. The molecule has 0 aromatic heterocycles. The maximum Gasteiger partial charge on any atom is 0.337 e. The number of carboxylic acid groups (broad SMARTS) is 1. The van der Waals surface area contributed by atoms with Gasteiger partial charge in [0.25, 0.3) is 0 Å². The van der Waals surface area contributed by atoms with E-state index in [1.807, 2.05) is 0 Å². The second-order valence-corrected chi connectivity index (χ2v) is 3.70. The zero-order valence-electron chi connectivity index (χ0n) is 6.57. The Hall–Kier alpha value is -0.610. The van der Waals surface area contributed by atoms with E-state index in [0.717, 1.165) is 0 Å². The van der Waals surface area contributed by atoms with Gasteiger partial charge in [0.05, 0.1) is 10.6 Å². The normalized spacial score (nSPS) is 10.2. The van der Waals surface area contributed by atoms with E-state index in [4.69, 9.17) is 16.7 Å². The molecular weight excluding hydrogens is 262 g/mol. The van der Waals surface area contributed by atoms with Gasteiger partial charge in [0, 0.05) is 10.0 Å². The average molecular weight is 267 g/mol. The van der Waals surface area contributed by atoms with E-state index in [0.29, 0.717) is 10.0 Å². The van der Waals surface area contributed by atoms with E-state index in [1.54, 1.807) is 0 Å². The van der Waals surface area contributed by atoms with Crippen LogP contribution in [0.3, 0.4) is 0 Å². The van der Waals surface area contributed by atoms with Crippen molar-refractivity contribution >= 4 is 33.5 Å². The Morgan fingerprint density at radius 3 is 2.69 bits per heavy atom. The molecule has 1 rings (SSSR count). The summed E-state index contributed by atoms with van der Waals surface area (Å²) in [6.07, 6.45) is 0. The highest BCUT2D eigenvalue weighted by Gasteiger charge is 2.16. The molecule has 2 nitrogen and oxygen atoms in total. The number of rotatable bonds is 1. The van der Waals surface area contributed by atoms with Crippen molar-refractivity contribution in [2.24, 2.45) is 0 Å². The first-order valence-electron chi connectivity index (χ1n) is 3.32. The first-order chi connectivity index (χ1) is 5.95. The third-order valence-corrected chi connectivity index (χ3v) is 2.81. The van der Waals surface area contributed by atoms with Gasteiger partial charge in [-0.05, 0) is 13.0 Å². The van der Waals surface area contributed by atoms with Crippen LogP contribution in [-0.4, -0.2) is 11.1 Å². The van der Waals surface area contributed by atoms with Crippen LogP contribution in [0, 0.1) is 12.7 Å². The van der Waals surface area contributed by atoms with Crippen LogP contribution in [0.4, 0.5) is 4.39 Å². The predicted molar refractivity (Wildman–Crippen MR) is 50.8 cm³/mol. The van der Waals surface area contributed by atoms with E-state index < -0.39 is 11.8 Å². The molecule has 0 radical (unpaired) electrons. The maximum atomic E-state index is 13.2. The molecular formula is C8H5BrClFO2. The number of benzene rings is 1. The van der Waals surface area contributed by atoms with E-state index in [-0.39, 0.29) is 10.6 Å². The minimum atomic E-state index is -1.25. The third-order valence-electron chi connectivity index (χ3n) is 1.62. The van der Waals surface area contributed by atoms with Crippen molar-refractivity contribution in [3.63, 3.8) is 0 Å². The van der Waals surface area contributed by atoms with Crippen molar-refractivity contribution in [1.29, 1.82) is 0 Å². The molecule has 13 heavy (non-hydrogen) atoms. The smallest absolute Gasteiger partial charge is 0.337 e. The molecule has 0 unspecified atom stereocenters. The van der Waals surface area contributed by atoms with Crippen molar-refractivity contribution in [1.82, 2.24) is 0 Å². The van der Waals surface area contributed by atoms with E-state index in [1.165, 1.54) is 13.0 Å². The Labute approximate surface area is 87.5 Å². The summed E-state index contributed by atoms with van der Waals surface area (Å²) < 4.78 is 13.6. The first kappa shape index (κ1) is 10.5. The van der Waals surface area contributed by atoms with Crippen molar-refractivity contribution in [3.8, 4) is 0 Å². The van der Waals surface area contributed by atoms with Crippen LogP contribution in [0.2, 0.25) is 5.02 Å². The van der Waals surface area contributed by atoms with Crippen molar-refractivity contribution in [2.45, 2.75) is 6.92 Å². The number of aromatic carboxylic acids is 1. The Kier molecular flexibility index (Phi) is 2.93. The van der Waals surface area contributed by atoms with Gasteiger partial charge in [-0.1, -0.05) is 27.5 Å². The zero-order valence-corrected chi connectivity index (χ0v) is 8.91. The molecule has 0 amide bonds. The molecule has 0 saturated carbocycles. The third kappa shape index (κ3) is 1.84. The van der Waals surface area contributed by atoms with Crippen molar-refractivity contribution < 1.29 is 14.3 Å². The van der Waals surface area contributed by atoms with Gasteiger partial charge < -0.3 is 5.11 Å². The summed E-state index contributed by atoms with van der Waals surface area (Å²) in [5, 5.41) is 8.28. The van der Waals surface area contributed by atoms with Gasteiger partial charge in [-0.3, -0.25) is 0 Å². The lowest BCUT2D eigenvalue weighted by Crippen LogP contribution is -2.01. The second kappa shape index (κ2) is 3.64. The molecule has 0 saturated heterocycles. The highest BCUT2D eigenvalue weighted by atomic mass is 79.9. The summed E-state index contributed by atoms with van der Waals surface area (Å²) in [4.78, 5) is 10.6. The van der Waals surface area contributed by atoms with Gasteiger partial charge in [-0.2, -0.15) is 0 Å². The lowest BCUT2D eigenvalue weighted by Gasteiger charge is -2.05. The summed E-state index contributed by atoms with van der Waals surface area (Å²) in [6.45, 7) is 1.51. The van der Waals surface area contributed by atoms with Gasteiger partial charge in [0.2, 0.25) is 0 Å². The van der Waals surface area contributed by atoms with Gasteiger partial charge in [-0.25, -0.2) is 9.18 Å². The summed E-state index contributed by atoms with van der Waals surface area (Å²) in [5.74, 6) is -1.95. The summed E-state index contributed by atoms with van der Waals surface area (Å²) >= 11 is 8.53. The number of carbonyl (C=O) groups is 1. The molecule has 0 aliphatic carbocycles. The number of carboxylic acids is 1. The minimum Gasteiger partial charge on any atom is -0.478 e. The molecule has 1 N–H and O–H groups in total. The van der Waals surface area contributed by atoms with Crippen LogP contribution in [0.5, 0.6) is 0 Å². The SMILES string of the molecule is Cc1c(Br)cc(C(=O)O)c(Cl)c1F. The van der Waals surface area contributed by atoms with Crippen LogP contribution in [0.25, 0.3) is 0 Å². The van der Waals surface area contributed by atoms with E-state index >= 15 is 0 Å². The predicted octanol–water partition coefficient (Wildman–Crippen LogP) is 3.25. The monoisotopic (exact) mass is 266 g/mol. The standard InChI is InChI=1S/C8H5BrClFO2/c1-3-5(9)2-4(8(12)13)6(10)7(3)11/h2H,1H3,(H,12,13). The number of hydrogen-bond acceptors (Lipinski definition) is 1. The first-order valence-corrected chi connectivity index (χ1v) is 4.49. The number of hydrogen-bond donors (Lipinski definition) is 1. The fourth-order valence-corrected chi connectivity index (χ4v) is 1.52. The Bertz CT molecular complexity index is 379. The van der Waals surface area contributed by atoms with Gasteiger partial charge >= 0.3 is 5.97 Å². The highest BCUT2D eigenvalue weighted by Crippen LogP contribution is 2.29. The summed E-state index contributed by atoms with van der Waals surface area (Å²) in [7, 11) is 0. The quantitative estimate of drug-likeness (QED) is 0.793. The van der Waals surface area contributed by atoms with E-state index in [9.17, 15) is 9.18 Å². The largest absolute Gasteiger partial charge is 0.478 e. The second-order valence-electron chi connectivity index (χ2n) is 2.46. The fraction of sp³-hybridized carbons (Fsp3) is 0.125. The lowest BCUT2D eigenvalue weighted by atomic mass is 10.1. The average Bonchev–Trinajstić information content (AvgIpc) is 2.07. The molecule has 0 aliphatic heterocycles. The number of halogens is 3. The molecule has 0 heterocycles. The van der Waals surface area contributed by atoms with Crippen LogP contribution in [0.1, 0.15) is 15.9 Å². The molecule has 0 fully saturated rings. The van der Waals surface area contributed by atoms with Crippen molar-refractivity contribution in [3.05, 3.63) is 32.5 Å². The van der Waals surface area contributed by atoms with Gasteiger partial charge in [-0.15, -0.1) is 0 Å². The molecule has 70 valence electrons. The molecule has 1 aromatic carbocycles. The zero-order chi connectivity index (χ0) is 10.2. The topological polar surface area (TPSA) is 37.3 Å². The highest BCUT2D eigenvalue weighted by molar-refractivity contribution is 9.10. The Morgan fingerprint density at radius 1 is 1.69 bits per heavy atom. The van der Waals surface area contributed by atoms with Gasteiger partial charge in [0.15, 0.2) is 0 Å². The fourth-order valence-electron chi connectivity index (χ4n) is 0.842. The summed E-state index contributed by atoms with van der Waals surface area (Å²) in [6, 6.07) is 1.28. The maximum absolute atomic E-state index is 13.2. The van der Waals surface area contributed by atoms with Crippen LogP contribution in [-0.2, 0) is 0 Å². The van der Waals surface area contributed by atoms with E-state index in [2.05, 4.69) is 15.9 Å². The molecule has 0 bridgehead atoms. The van der Waals surface area contributed by atoms with Gasteiger partial charge in [0.1, 0.15) is 5.82 Å². The van der Waals surface area contributed by atoms with Crippen LogP contribution in [0.15, 0.2) is 10.5 Å². The molecule has 0 aliphatic rings. The Balaban J connectivity index is 3.50. The summed E-state index contributed by atoms with van der Waals surface area (Å²) in [5.41, 5.74) is 0.0617. The van der Waals surface area contributed by atoms with Crippen molar-refractivity contribution in [2.75, 3.05) is 0 Å². The Morgan fingerprint density at radius 2 is 2.23 bits per heavy atom. The minimum absolute atomic E-state index is 0.239. The lowest BCUT2D eigenvalue weighted by molar-refractivity contribution is 0.0696. The molecule has 5 heteroatoms.